The van der Waals surface area contributed by atoms with Gasteiger partial charge in [-0.15, -0.1) is 0 Å². The summed E-state index contributed by atoms with van der Waals surface area (Å²) in [6.07, 6.45) is -7.98. The Labute approximate surface area is 280 Å². The van der Waals surface area contributed by atoms with E-state index in [4.69, 9.17) is 28.4 Å². The maximum Gasteiger partial charge on any atom is 0.338 e. The van der Waals surface area contributed by atoms with Crippen LogP contribution in [0.25, 0.3) is 0 Å². The highest BCUT2D eigenvalue weighted by atomic mass is 16.6. The third kappa shape index (κ3) is 6.09. The van der Waals surface area contributed by atoms with Gasteiger partial charge in [0, 0.05) is 20.3 Å². The minimum Gasteiger partial charge on any atom is -0.464 e. The molecule has 1 spiro atoms. The summed E-state index contributed by atoms with van der Waals surface area (Å²) in [6, 6.07) is 7.92. The van der Waals surface area contributed by atoms with Crippen LogP contribution in [0.3, 0.4) is 0 Å². The predicted octanol–water partition coefficient (Wildman–Crippen LogP) is 2.91. The van der Waals surface area contributed by atoms with Crippen LogP contribution in [-0.4, -0.2) is 94.0 Å². The third-order valence-electron chi connectivity index (χ3n) is 10.1. The van der Waals surface area contributed by atoms with Crippen LogP contribution >= 0.6 is 0 Å². The van der Waals surface area contributed by atoms with Crippen LogP contribution in [-0.2, 0) is 47.6 Å². The molecule has 13 heteroatoms. The maximum atomic E-state index is 14.0. The van der Waals surface area contributed by atoms with E-state index in [1.54, 1.807) is 59.7 Å². The van der Waals surface area contributed by atoms with Crippen molar-refractivity contribution in [2.75, 3.05) is 6.61 Å². The number of aliphatic hydroxyl groups excluding tert-OH is 1. The fourth-order valence-corrected chi connectivity index (χ4v) is 7.88. The molecule has 1 aromatic carbocycles. The Morgan fingerprint density at radius 2 is 1.50 bits per heavy atom. The van der Waals surface area contributed by atoms with E-state index in [0.29, 0.717) is 6.42 Å². The van der Waals surface area contributed by atoms with Crippen LogP contribution in [0.15, 0.2) is 30.3 Å². The second kappa shape index (κ2) is 13.4. The molecule has 0 unspecified atom stereocenters. The largest absolute Gasteiger partial charge is 0.464 e. The minimum absolute atomic E-state index is 0.106. The highest BCUT2D eigenvalue weighted by Gasteiger charge is 2.88. The number of aliphatic hydroxyl groups is 2. The fourth-order valence-electron chi connectivity index (χ4n) is 7.88. The van der Waals surface area contributed by atoms with Crippen molar-refractivity contribution in [1.29, 1.82) is 0 Å². The summed E-state index contributed by atoms with van der Waals surface area (Å²) >= 11 is 0. The zero-order valence-electron chi connectivity index (χ0n) is 29.0. The summed E-state index contributed by atoms with van der Waals surface area (Å²) in [4.78, 5) is 66.1. The Morgan fingerprint density at radius 1 is 0.896 bits per heavy atom. The van der Waals surface area contributed by atoms with Gasteiger partial charge in [-0.05, 0) is 39.3 Å². The standard InChI is InChI=1S/C35H48O13/c1-10-19(4)30(40)43-17-34-27(45-21(6)37)23(44-20(5)36)16-33(9,42)35(34)26(38)24(32(7,8)48-35)25(46-29(39)18(2)3)28(34)47-31(41)22-14-12-11-13-15-22/h11-15,18-19,23-28,38,42H,10,16-17H2,1-9H3/t19-,23+,24-,25+,26-,27+,28-,33+,34+,35+/m1/s1. The van der Waals surface area contributed by atoms with Gasteiger partial charge in [0.2, 0.25) is 0 Å². The first-order valence-electron chi connectivity index (χ1n) is 16.4. The van der Waals surface area contributed by atoms with Crippen molar-refractivity contribution < 1.29 is 62.6 Å². The van der Waals surface area contributed by atoms with Crippen LogP contribution in [0.4, 0.5) is 0 Å². The molecule has 0 aromatic heterocycles. The number of benzene rings is 1. The van der Waals surface area contributed by atoms with Gasteiger partial charge in [-0.1, -0.05) is 45.9 Å². The van der Waals surface area contributed by atoms with Gasteiger partial charge in [0.05, 0.1) is 40.6 Å². The topological polar surface area (TPSA) is 181 Å². The first-order chi connectivity index (χ1) is 22.3. The maximum absolute atomic E-state index is 14.0. The van der Waals surface area contributed by atoms with E-state index in [9.17, 15) is 34.2 Å². The van der Waals surface area contributed by atoms with Crippen molar-refractivity contribution in [3.05, 3.63) is 35.9 Å². The normalized spacial score (nSPS) is 35.5. The van der Waals surface area contributed by atoms with Crippen molar-refractivity contribution in [3.63, 3.8) is 0 Å². The number of carbonyl (C=O) groups excluding carboxylic acids is 5. The molecular formula is C35H48O13. The molecular weight excluding hydrogens is 628 g/mol. The molecule has 4 rings (SSSR count). The average Bonchev–Trinajstić information content (AvgIpc) is 3.18. The van der Waals surface area contributed by atoms with Crippen molar-refractivity contribution in [3.8, 4) is 0 Å². The van der Waals surface area contributed by atoms with E-state index in [1.165, 1.54) is 19.1 Å². The summed E-state index contributed by atoms with van der Waals surface area (Å²) in [5.74, 6) is -6.34. The van der Waals surface area contributed by atoms with Gasteiger partial charge < -0.3 is 38.6 Å². The van der Waals surface area contributed by atoms with Crippen LogP contribution in [0.5, 0.6) is 0 Å². The predicted molar refractivity (Wildman–Crippen MR) is 167 cm³/mol. The molecule has 2 bridgehead atoms. The van der Waals surface area contributed by atoms with E-state index >= 15 is 0 Å². The Bertz CT molecular complexity index is 1400. The van der Waals surface area contributed by atoms with Crippen LogP contribution in [0.1, 0.15) is 85.5 Å². The number of hydrogen-bond acceptors (Lipinski definition) is 13. The summed E-state index contributed by atoms with van der Waals surface area (Å²) in [5, 5.41) is 24.9. The van der Waals surface area contributed by atoms with Crippen LogP contribution in [0.2, 0.25) is 0 Å². The molecule has 3 aliphatic rings. The Morgan fingerprint density at radius 3 is 2.04 bits per heavy atom. The quantitative estimate of drug-likeness (QED) is 0.273. The molecule has 10 atom stereocenters. The number of esters is 5. The van der Waals surface area contributed by atoms with Gasteiger partial charge in [-0.25, -0.2) is 4.79 Å². The molecule has 13 nitrogen and oxygen atoms in total. The summed E-state index contributed by atoms with van der Waals surface area (Å²) in [6.45, 7) is 12.7. The van der Waals surface area contributed by atoms with Gasteiger partial charge in [0.15, 0.2) is 12.2 Å². The molecule has 266 valence electrons. The molecule has 3 fully saturated rings. The van der Waals surface area contributed by atoms with Crippen molar-refractivity contribution in [1.82, 2.24) is 0 Å². The third-order valence-corrected chi connectivity index (χ3v) is 10.1. The molecule has 1 heterocycles. The van der Waals surface area contributed by atoms with E-state index in [0.717, 1.165) is 13.8 Å². The van der Waals surface area contributed by atoms with Gasteiger partial charge in [-0.2, -0.15) is 0 Å². The number of rotatable bonds is 10. The van der Waals surface area contributed by atoms with Crippen molar-refractivity contribution >= 4 is 29.8 Å². The first-order valence-corrected chi connectivity index (χ1v) is 16.4. The zero-order valence-corrected chi connectivity index (χ0v) is 29.0. The lowest BCUT2D eigenvalue weighted by molar-refractivity contribution is -0.363. The van der Waals surface area contributed by atoms with Gasteiger partial charge in [0.25, 0.3) is 0 Å². The van der Waals surface area contributed by atoms with Crippen LogP contribution < -0.4 is 0 Å². The summed E-state index contributed by atoms with van der Waals surface area (Å²) < 4.78 is 36.7. The molecule has 1 aliphatic heterocycles. The fraction of sp³-hybridized carbons (Fsp3) is 0.686. The Kier molecular flexibility index (Phi) is 10.4. The molecule has 1 aromatic rings. The van der Waals surface area contributed by atoms with E-state index in [1.807, 2.05) is 0 Å². The summed E-state index contributed by atoms with van der Waals surface area (Å²) in [5.41, 5.74) is -7.86. The SMILES string of the molecule is CC[C@@H](C)C(=O)OC[C@]12[C@H](OC(=O)c3ccccc3)[C@@H](OC(=O)C(C)C)[C@@H]3[C@@H](O)[C@]1(OC3(C)C)[C@@](C)(O)C[C@H](OC(C)=O)[C@@H]2OC(C)=O. The smallest absolute Gasteiger partial charge is 0.338 e. The number of fused-ring (bicyclic) bond motifs is 1. The van der Waals surface area contributed by atoms with Crippen LogP contribution in [0, 0.1) is 23.2 Å². The molecule has 0 amide bonds. The number of hydrogen-bond donors (Lipinski definition) is 2. The average molecular weight is 677 g/mol. The lowest BCUT2D eigenvalue weighted by Gasteiger charge is -2.66. The summed E-state index contributed by atoms with van der Waals surface area (Å²) in [7, 11) is 0. The molecule has 48 heavy (non-hydrogen) atoms. The molecule has 0 radical (unpaired) electrons. The van der Waals surface area contributed by atoms with Crippen molar-refractivity contribution in [2.45, 2.75) is 122 Å². The second-order valence-corrected chi connectivity index (χ2v) is 14.3. The molecule has 2 aliphatic carbocycles. The zero-order chi connectivity index (χ0) is 36.0. The number of ether oxygens (including phenoxy) is 6. The second-order valence-electron chi connectivity index (χ2n) is 14.3. The highest BCUT2D eigenvalue weighted by molar-refractivity contribution is 5.89. The monoisotopic (exact) mass is 676 g/mol. The minimum atomic E-state index is -2.24. The first kappa shape index (κ1) is 37.3. The van der Waals surface area contributed by atoms with Crippen molar-refractivity contribution in [2.24, 2.45) is 23.2 Å². The van der Waals surface area contributed by atoms with E-state index < -0.39 is 113 Å². The van der Waals surface area contributed by atoms with Gasteiger partial charge in [-0.3, -0.25) is 19.2 Å². The highest BCUT2D eigenvalue weighted by Crippen LogP contribution is 2.69. The number of carbonyl (C=O) groups is 5. The molecule has 2 saturated carbocycles. The lowest BCUT2D eigenvalue weighted by atomic mass is 9.45. The Hall–Kier alpha value is -3.55. The van der Waals surface area contributed by atoms with E-state index in [2.05, 4.69) is 0 Å². The van der Waals surface area contributed by atoms with E-state index in [-0.39, 0.29) is 5.56 Å². The Balaban J connectivity index is 2.13. The molecule has 2 N–H and O–H groups in total. The molecule has 1 saturated heterocycles. The lowest BCUT2D eigenvalue weighted by Crippen LogP contribution is -2.85. The van der Waals surface area contributed by atoms with Gasteiger partial charge in [0.1, 0.15) is 29.8 Å². The van der Waals surface area contributed by atoms with Gasteiger partial charge >= 0.3 is 29.8 Å².